The highest BCUT2D eigenvalue weighted by Gasteiger charge is 2.23. The SMILES string of the molecule is NC(COc1c(Cl)cc(Cl)cc1Cl)C1CCCC1. The normalized spacial score (nSPS) is 18.0. The van der Waals surface area contributed by atoms with Crippen molar-refractivity contribution in [1.29, 1.82) is 0 Å². The van der Waals surface area contributed by atoms with Crippen LogP contribution in [0.15, 0.2) is 12.1 Å². The molecule has 18 heavy (non-hydrogen) atoms. The molecule has 0 radical (unpaired) electrons. The maximum atomic E-state index is 6.12. The average Bonchev–Trinajstić information content (AvgIpc) is 2.80. The van der Waals surface area contributed by atoms with E-state index in [0.717, 1.165) is 0 Å². The Morgan fingerprint density at radius 2 is 1.72 bits per heavy atom. The molecule has 1 aliphatic carbocycles. The average molecular weight is 309 g/mol. The van der Waals surface area contributed by atoms with Gasteiger partial charge in [0.15, 0.2) is 5.75 Å². The molecule has 1 atom stereocenters. The van der Waals surface area contributed by atoms with Crippen molar-refractivity contribution in [2.75, 3.05) is 6.61 Å². The minimum atomic E-state index is 0.0373. The first-order chi connectivity index (χ1) is 8.58. The second kappa shape index (κ2) is 6.33. The predicted octanol–water partition coefficient (Wildman–Crippen LogP) is 4.54. The van der Waals surface area contributed by atoms with Gasteiger partial charge in [-0.15, -0.1) is 0 Å². The van der Waals surface area contributed by atoms with Crippen LogP contribution in [0.2, 0.25) is 15.1 Å². The number of rotatable bonds is 4. The molecule has 1 aliphatic rings. The molecule has 2 rings (SSSR count). The Morgan fingerprint density at radius 3 is 2.28 bits per heavy atom. The molecule has 1 unspecified atom stereocenters. The molecule has 0 aliphatic heterocycles. The standard InChI is InChI=1S/C13H16Cl3NO/c14-9-5-10(15)13(11(16)6-9)18-7-12(17)8-3-1-2-4-8/h5-6,8,12H,1-4,7,17H2. The van der Waals surface area contributed by atoms with Crippen LogP contribution in [0.25, 0.3) is 0 Å². The Bertz CT molecular complexity index is 396. The topological polar surface area (TPSA) is 35.2 Å². The molecule has 2 nitrogen and oxygen atoms in total. The van der Waals surface area contributed by atoms with Gasteiger partial charge >= 0.3 is 0 Å². The molecule has 0 saturated heterocycles. The Hall–Kier alpha value is -0.150. The van der Waals surface area contributed by atoms with Crippen LogP contribution >= 0.6 is 34.8 Å². The summed E-state index contributed by atoms with van der Waals surface area (Å²) in [5, 5.41) is 1.34. The van der Waals surface area contributed by atoms with E-state index >= 15 is 0 Å². The van der Waals surface area contributed by atoms with E-state index in [1.807, 2.05) is 0 Å². The Kier molecular flexibility index (Phi) is 5.02. The molecule has 100 valence electrons. The first kappa shape index (κ1) is 14.3. The molecule has 0 amide bonds. The molecule has 1 aromatic rings. The van der Waals surface area contributed by atoms with Gasteiger partial charge < -0.3 is 10.5 Å². The van der Waals surface area contributed by atoms with Crippen LogP contribution in [0.4, 0.5) is 0 Å². The zero-order valence-electron chi connectivity index (χ0n) is 9.96. The summed E-state index contributed by atoms with van der Waals surface area (Å²) in [5.74, 6) is 1.02. The lowest BCUT2D eigenvalue weighted by Gasteiger charge is -2.20. The van der Waals surface area contributed by atoms with Gasteiger partial charge in [0, 0.05) is 11.1 Å². The lowest BCUT2D eigenvalue weighted by molar-refractivity contribution is 0.247. The Labute approximate surface area is 122 Å². The van der Waals surface area contributed by atoms with Gasteiger partial charge in [-0.2, -0.15) is 0 Å². The third-order valence-electron chi connectivity index (χ3n) is 3.39. The first-order valence-corrected chi connectivity index (χ1v) is 7.24. The second-order valence-electron chi connectivity index (χ2n) is 4.72. The molecule has 1 fully saturated rings. The van der Waals surface area contributed by atoms with Crippen molar-refractivity contribution in [2.24, 2.45) is 11.7 Å². The quantitative estimate of drug-likeness (QED) is 0.886. The van der Waals surface area contributed by atoms with E-state index < -0.39 is 0 Å². The lowest BCUT2D eigenvalue weighted by atomic mass is 10.00. The van der Waals surface area contributed by atoms with E-state index in [4.69, 9.17) is 45.3 Å². The van der Waals surface area contributed by atoms with Gasteiger partial charge in [-0.25, -0.2) is 0 Å². The van der Waals surface area contributed by atoms with Crippen molar-refractivity contribution < 1.29 is 4.74 Å². The van der Waals surface area contributed by atoms with E-state index in [2.05, 4.69) is 0 Å². The van der Waals surface area contributed by atoms with E-state index in [-0.39, 0.29) is 6.04 Å². The molecule has 2 N–H and O–H groups in total. The fourth-order valence-electron chi connectivity index (χ4n) is 2.37. The molecule has 0 heterocycles. The van der Waals surface area contributed by atoms with E-state index in [0.29, 0.717) is 33.3 Å². The van der Waals surface area contributed by atoms with Gasteiger partial charge in [0.25, 0.3) is 0 Å². The monoisotopic (exact) mass is 307 g/mol. The third kappa shape index (κ3) is 3.45. The minimum Gasteiger partial charge on any atom is -0.489 e. The van der Waals surface area contributed by atoms with Crippen molar-refractivity contribution in [2.45, 2.75) is 31.7 Å². The fourth-order valence-corrected chi connectivity index (χ4v) is 3.29. The number of halogens is 3. The molecular formula is C13H16Cl3NO. The number of benzene rings is 1. The molecule has 0 bridgehead atoms. The Balaban J connectivity index is 1.97. The van der Waals surface area contributed by atoms with Crippen LogP contribution in [0.3, 0.4) is 0 Å². The van der Waals surface area contributed by atoms with E-state index in [1.54, 1.807) is 12.1 Å². The highest BCUT2D eigenvalue weighted by Crippen LogP contribution is 2.36. The maximum Gasteiger partial charge on any atom is 0.156 e. The maximum absolute atomic E-state index is 6.12. The van der Waals surface area contributed by atoms with Crippen LogP contribution in [0.5, 0.6) is 5.75 Å². The van der Waals surface area contributed by atoms with Crippen molar-refractivity contribution in [3.8, 4) is 5.75 Å². The number of ether oxygens (including phenoxy) is 1. The highest BCUT2D eigenvalue weighted by atomic mass is 35.5. The smallest absolute Gasteiger partial charge is 0.156 e. The van der Waals surface area contributed by atoms with Gasteiger partial charge in [0.2, 0.25) is 0 Å². The molecular weight excluding hydrogens is 293 g/mol. The van der Waals surface area contributed by atoms with Crippen molar-refractivity contribution in [3.05, 3.63) is 27.2 Å². The molecule has 5 heteroatoms. The summed E-state index contributed by atoms with van der Waals surface area (Å²) >= 11 is 17.9. The first-order valence-electron chi connectivity index (χ1n) is 6.11. The minimum absolute atomic E-state index is 0.0373. The third-order valence-corrected chi connectivity index (χ3v) is 4.17. The van der Waals surface area contributed by atoms with Crippen molar-refractivity contribution in [1.82, 2.24) is 0 Å². The van der Waals surface area contributed by atoms with Crippen LogP contribution < -0.4 is 10.5 Å². The fraction of sp³-hybridized carbons (Fsp3) is 0.538. The molecule has 1 saturated carbocycles. The van der Waals surface area contributed by atoms with Crippen molar-refractivity contribution >= 4 is 34.8 Å². The number of hydrogen-bond acceptors (Lipinski definition) is 2. The zero-order valence-corrected chi connectivity index (χ0v) is 12.2. The summed E-state index contributed by atoms with van der Waals surface area (Å²) in [6.45, 7) is 0.436. The van der Waals surface area contributed by atoms with Crippen LogP contribution in [-0.2, 0) is 0 Å². The summed E-state index contributed by atoms with van der Waals surface area (Å²) in [7, 11) is 0. The lowest BCUT2D eigenvalue weighted by Crippen LogP contribution is -2.34. The van der Waals surface area contributed by atoms with Crippen LogP contribution in [-0.4, -0.2) is 12.6 Å². The molecule has 0 aromatic heterocycles. The molecule has 1 aromatic carbocycles. The summed E-state index contributed by atoms with van der Waals surface area (Å²) in [6, 6.07) is 3.27. The summed E-state index contributed by atoms with van der Waals surface area (Å²) < 4.78 is 5.65. The van der Waals surface area contributed by atoms with Gasteiger partial charge in [0.05, 0.1) is 10.0 Å². The van der Waals surface area contributed by atoms with Gasteiger partial charge in [-0.1, -0.05) is 47.6 Å². The van der Waals surface area contributed by atoms with Gasteiger partial charge in [-0.05, 0) is 30.9 Å². The largest absolute Gasteiger partial charge is 0.489 e. The van der Waals surface area contributed by atoms with E-state index in [9.17, 15) is 0 Å². The predicted molar refractivity (Wildman–Crippen MR) is 76.9 cm³/mol. The van der Waals surface area contributed by atoms with Crippen molar-refractivity contribution in [3.63, 3.8) is 0 Å². The van der Waals surface area contributed by atoms with E-state index in [1.165, 1.54) is 25.7 Å². The number of hydrogen-bond donors (Lipinski definition) is 1. The van der Waals surface area contributed by atoms with Crippen LogP contribution in [0.1, 0.15) is 25.7 Å². The summed E-state index contributed by atoms with van der Waals surface area (Å²) in [5.41, 5.74) is 6.12. The Morgan fingerprint density at radius 1 is 1.17 bits per heavy atom. The second-order valence-corrected chi connectivity index (χ2v) is 5.97. The number of nitrogens with two attached hydrogens (primary N) is 1. The summed E-state index contributed by atoms with van der Waals surface area (Å²) in [6.07, 6.45) is 4.90. The van der Waals surface area contributed by atoms with Gasteiger partial charge in [0.1, 0.15) is 6.61 Å². The van der Waals surface area contributed by atoms with Crippen LogP contribution in [0, 0.1) is 5.92 Å². The van der Waals surface area contributed by atoms with Gasteiger partial charge in [-0.3, -0.25) is 0 Å². The highest BCUT2D eigenvalue weighted by molar-refractivity contribution is 6.40. The summed E-state index contributed by atoms with van der Waals surface area (Å²) in [4.78, 5) is 0. The zero-order chi connectivity index (χ0) is 13.1. The molecule has 0 spiro atoms.